The molecule has 0 saturated carbocycles. The number of imidazole rings is 1. The fraction of sp³-hybridized carbons (Fsp3) is 0.0690. The van der Waals surface area contributed by atoms with Crippen molar-refractivity contribution < 1.29 is 9.47 Å². The average molecular weight is 501 g/mol. The first kappa shape index (κ1) is 23.0. The number of aromatic nitrogens is 2. The standard InChI is InChI=1S/C29H22Cl2N2O2/c1-34-25-14-8-13-23(28(25)35-18-21-15-16-22(30)17-24(21)31)29-32-26(19-9-4-2-5-10-19)27(33-29)20-11-6-3-7-12-20/h2-17H,18H2,1H3,(H,32,33). The van der Waals surface area contributed by atoms with Crippen molar-refractivity contribution >= 4 is 23.2 Å². The van der Waals surface area contributed by atoms with Gasteiger partial charge in [-0.25, -0.2) is 4.98 Å². The number of para-hydroxylation sites is 1. The smallest absolute Gasteiger partial charge is 0.172 e. The molecule has 0 aliphatic carbocycles. The lowest BCUT2D eigenvalue weighted by Gasteiger charge is -2.15. The Morgan fingerprint density at radius 2 is 1.51 bits per heavy atom. The van der Waals surface area contributed by atoms with E-state index in [0.29, 0.717) is 27.4 Å². The first-order valence-electron chi connectivity index (χ1n) is 11.1. The van der Waals surface area contributed by atoms with Crippen LogP contribution in [0, 0.1) is 0 Å². The number of nitrogens with zero attached hydrogens (tertiary/aromatic N) is 1. The van der Waals surface area contributed by atoms with Crippen LogP contribution in [0.25, 0.3) is 33.9 Å². The first-order valence-corrected chi connectivity index (χ1v) is 11.8. The highest BCUT2D eigenvalue weighted by Crippen LogP contribution is 2.40. The zero-order valence-corrected chi connectivity index (χ0v) is 20.5. The molecule has 4 nitrogen and oxygen atoms in total. The molecule has 0 spiro atoms. The molecule has 1 aromatic heterocycles. The maximum Gasteiger partial charge on any atom is 0.172 e. The van der Waals surface area contributed by atoms with Gasteiger partial charge in [-0.05, 0) is 24.3 Å². The van der Waals surface area contributed by atoms with Gasteiger partial charge in [-0.2, -0.15) is 0 Å². The van der Waals surface area contributed by atoms with Crippen LogP contribution in [0.5, 0.6) is 11.5 Å². The molecule has 0 aliphatic heterocycles. The molecule has 1 heterocycles. The van der Waals surface area contributed by atoms with E-state index in [4.69, 9.17) is 37.7 Å². The zero-order valence-electron chi connectivity index (χ0n) is 19.0. The van der Waals surface area contributed by atoms with Gasteiger partial charge in [-0.15, -0.1) is 0 Å². The lowest BCUT2D eigenvalue weighted by molar-refractivity contribution is 0.286. The molecular weight excluding hydrogens is 479 g/mol. The summed E-state index contributed by atoms with van der Waals surface area (Å²) in [5.41, 5.74) is 5.47. The lowest BCUT2D eigenvalue weighted by atomic mass is 10.1. The van der Waals surface area contributed by atoms with Crippen LogP contribution in [-0.2, 0) is 6.61 Å². The van der Waals surface area contributed by atoms with Gasteiger partial charge in [-0.1, -0.05) is 96.0 Å². The predicted octanol–water partition coefficient (Wildman–Crippen LogP) is 8.31. The monoisotopic (exact) mass is 500 g/mol. The Kier molecular flexibility index (Phi) is 6.75. The maximum absolute atomic E-state index is 6.37. The quantitative estimate of drug-likeness (QED) is 0.244. The van der Waals surface area contributed by atoms with Crippen molar-refractivity contribution in [2.45, 2.75) is 6.61 Å². The Morgan fingerprint density at radius 3 is 2.20 bits per heavy atom. The van der Waals surface area contributed by atoms with Crippen LogP contribution in [-0.4, -0.2) is 17.1 Å². The second kappa shape index (κ2) is 10.3. The van der Waals surface area contributed by atoms with Gasteiger partial charge >= 0.3 is 0 Å². The minimum absolute atomic E-state index is 0.251. The summed E-state index contributed by atoms with van der Waals surface area (Å²) in [7, 11) is 1.62. The molecule has 0 aliphatic rings. The summed E-state index contributed by atoms with van der Waals surface area (Å²) in [6, 6.07) is 31.4. The van der Waals surface area contributed by atoms with Crippen molar-refractivity contribution in [2.75, 3.05) is 7.11 Å². The highest BCUT2D eigenvalue weighted by Gasteiger charge is 2.20. The average Bonchev–Trinajstić information content (AvgIpc) is 3.34. The summed E-state index contributed by atoms with van der Waals surface area (Å²) < 4.78 is 11.9. The summed E-state index contributed by atoms with van der Waals surface area (Å²) >= 11 is 12.4. The zero-order chi connectivity index (χ0) is 24.2. The molecule has 0 fully saturated rings. The van der Waals surface area contributed by atoms with E-state index in [9.17, 15) is 0 Å². The van der Waals surface area contributed by atoms with Crippen LogP contribution >= 0.6 is 23.2 Å². The third-order valence-corrected chi connectivity index (χ3v) is 6.24. The number of halogens is 2. The minimum atomic E-state index is 0.251. The van der Waals surface area contributed by atoms with E-state index in [-0.39, 0.29) is 6.61 Å². The summed E-state index contributed by atoms with van der Waals surface area (Å²) in [5, 5.41) is 1.12. The molecule has 5 aromatic rings. The number of aromatic amines is 1. The van der Waals surface area contributed by atoms with E-state index in [2.05, 4.69) is 29.2 Å². The number of ether oxygens (including phenoxy) is 2. The molecule has 0 saturated heterocycles. The Balaban J connectivity index is 1.60. The highest BCUT2D eigenvalue weighted by atomic mass is 35.5. The fourth-order valence-electron chi connectivity index (χ4n) is 3.92. The van der Waals surface area contributed by atoms with Crippen molar-refractivity contribution in [1.82, 2.24) is 9.97 Å². The summed E-state index contributed by atoms with van der Waals surface area (Å²) in [6.45, 7) is 0.251. The maximum atomic E-state index is 6.37. The second-order valence-electron chi connectivity index (χ2n) is 7.90. The van der Waals surface area contributed by atoms with Gasteiger partial charge < -0.3 is 14.5 Å². The molecule has 0 amide bonds. The van der Waals surface area contributed by atoms with E-state index in [1.54, 1.807) is 19.2 Å². The molecule has 0 radical (unpaired) electrons. The molecular formula is C29H22Cl2N2O2. The second-order valence-corrected chi connectivity index (χ2v) is 8.75. The van der Waals surface area contributed by atoms with Crippen LogP contribution < -0.4 is 9.47 Å². The Morgan fingerprint density at radius 1 is 0.800 bits per heavy atom. The number of nitrogens with one attached hydrogen (secondary N) is 1. The van der Waals surface area contributed by atoms with Crippen LogP contribution in [0.1, 0.15) is 5.56 Å². The first-order chi connectivity index (χ1) is 17.1. The van der Waals surface area contributed by atoms with Crippen LogP contribution in [0.2, 0.25) is 10.0 Å². The van der Waals surface area contributed by atoms with Gasteiger partial charge in [0.1, 0.15) is 12.4 Å². The molecule has 174 valence electrons. The van der Waals surface area contributed by atoms with E-state index in [1.807, 2.05) is 60.7 Å². The third-order valence-electron chi connectivity index (χ3n) is 5.65. The van der Waals surface area contributed by atoms with Gasteiger partial charge in [0, 0.05) is 26.7 Å². The molecule has 35 heavy (non-hydrogen) atoms. The van der Waals surface area contributed by atoms with Gasteiger partial charge in [0.15, 0.2) is 11.5 Å². The van der Waals surface area contributed by atoms with Gasteiger partial charge in [0.2, 0.25) is 0 Å². The van der Waals surface area contributed by atoms with E-state index >= 15 is 0 Å². The van der Waals surface area contributed by atoms with Crippen molar-refractivity contribution in [2.24, 2.45) is 0 Å². The third kappa shape index (κ3) is 4.90. The van der Waals surface area contributed by atoms with Gasteiger partial charge in [0.05, 0.1) is 24.1 Å². The lowest BCUT2D eigenvalue weighted by Crippen LogP contribution is -2.00. The van der Waals surface area contributed by atoms with Crippen molar-refractivity contribution in [3.05, 3.63) is 113 Å². The van der Waals surface area contributed by atoms with Gasteiger partial charge in [0.25, 0.3) is 0 Å². The molecule has 0 bridgehead atoms. The Hall–Kier alpha value is -3.73. The van der Waals surface area contributed by atoms with Crippen molar-refractivity contribution in [1.29, 1.82) is 0 Å². The fourth-order valence-corrected chi connectivity index (χ4v) is 4.38. The van der Waals surface area contributed by atoms with Crippen LogP contribution in [0.4, 0.5) is 0 Å². The van der Waals surface area contributed by atoms with Gasteiger partial charge in [-0.3, -0.25) is 0 Å². The Bertz CT molecular complexity index is 1390. The number of benzene rings is 4. The predicted molar refractivity (Wildman–Crippen MR) is 142 cm³/mol. The Labute approximate surface area is 214 Å². The molecule has 0 unspecified atom stereocenters. The van der Waals surface area contributed by atoms with E-state index in [1.165, 1.54) is 0 Å². The molecule has 5 rings (SSSR count). The van der Waals surface area contributed by atoms with Crippen molar-refractivity contribution in [3.8, 4) is 45.4 Å². The van der Waals surface area contributed by atoms with Crippen LogP contribution in [0.3, 0.4) is 0 Å². The summed E-state index contributed by atoms with van der Waals surface area (Å²) in [6.07, 6.45) is 0. The number of methoxy groups -OCH3 is 1. The minimum Gasteiger partial charge on any atom is -0.493 e. The summed E-state index contributed by atoms with van der Waals surface area (Å²) in [5.74, 6) is 1.86. The number of hydrogen-bond acceptors (Lipinski definition) is 3. The SMILES string of the molecule is COc1cccc(-c2nc(-c3ccccc3)c(-c3ccccc3)[nH]2)c1OCc1ccc(Cl)cc1Cl. The number of H-pyrrole nitrogens is 1. The largest absolute Gasteiger partial charge is 0.493 e. The topological polar surface area (TPSA) is 47.1 Å². The number of rotatable bonds is 7. The molecule has 4 aromatic carbocycles. The van der Waals surface area contributed by atoms with Crippen LogP contribution in [0.15, 0.2) is 97.1 Å². The number of hydrogen-bond donors (Lipinski definition) is 1. The van der Waals surface area contributed by atoms with E-state index in [0.717, 1.165) is 33.6 Å². The highest BCUT2D eigenvalue weighted by molar-refractivity contribution is 6.35. The van der Waals surface area contributed by atoms with E-state index < -0.39 is 0 Å². The normalized spacial score (nSPS) is 10.8. The van der Waals surface area contributed by atoms with Crippen molar-refractivity contribution in [3.63, 3.8) is 0 Å². The summed E-state index contributed by atoms with van der Waals surface area (Å²) in [4.78, 5) is 8.54. The molecule has 0 atom stereocenters. The molecule has 6 heteroatoms. The molecule has 1 N–H and O–H groups in total.